The minimum absolute atomic E-state index is 0.113. The van der Waals surface area contributed by atoms with Gasteiger partial charge in [-0.15, -0.1) is 11.3 Å². The standard InChI is InChI=1S/C15H17F2NOS/c1-10(7-12-3-2-6-20-12)18-9-15(19)13-5-4-11(16)8-14(13)17/h2-6,8,10,15,18-19H,7,9H2,1H3. The van der Waals surface area contributed by atoms with Crippen LogP contribution in [0.5, 0.6) is 0 Å². The number of rotatable bonds is 6. The first-order chi connectivity index (χ1) is 9.56. The number of aliphatic hydroxyl groups excluding tert-OH is 1. The molecule has 0 aliphatic heterocycles. The van der Waals surface area contributed by atoms with Gasteiger partial charge in [0.1, 0.15) is 11.6 Å². The number of aliphatic hydroxyl groups is 1. The van der Waals surface area contributed by atoms with Crippen molar-refractivity contribution >= 4 is 11.3 Å². The maximum atomic E-state index is 13.5. The van der Waals surface area contributed by atoms with Crippen molar-refractivity contribution in [1.29, 1.82) is 0 Å². The van der Waals surface area contributed by atoms with Gasteiger partial charge in [-0.2, -0.15) is 0 Å². The maximum absolute atomic E-state index is 13.5. The predicted octanol–water partition coefficient (Wildman–Crippen LogP) is 3.28. The third kappa shape index (κ3) is 4.10. The third-order valence-electron chi connectivity index (χ3n) is 3.07. The van der Waals surface area contributed by atoms with Crippen LogP contribution in [0.2, 0.25) is 0 Å². The number of hydrogen-bond donors (Lipinski definition) is 2. The quantitative estimate of drug-likeness (QED) is 0.857. The summed E-state index contributed by atoms with van der Waals surface area (Å²) < 4.78 is 26.3. The molecular weight excluding hydrogens is 280 g/mol. The van der Waals surface area contributed by atoms with Gasteiger partial charge >= 0.3 is 0 Å². The Morgan fingerprint density at radius 2 is 2.10 bits per heavy atom. The number of thiophene rings is 1. The van der Waals surface area contributed by atoms with Gasteiger partial charge in [0, 0.05) is 29.1 Å². The number of hydrogen-bond acceptors (Lipinski definition) is 3. The molecule has 1 aromatic heterocycles. The van der Waals surface area contributed by atoms with E-state index in [1.165, 1.54) is 10.9 Å². The first-order valence-corrected chi connectivity index (χ1v) is 7.33. The second kappa shape index (κ2) is 6.92. The summed E-state index contributed by atoms with van der Waals surface area (Å²) in [6.07, 6.45) is -0.127. The molecule has 0 amide bonds. The fourth-order valence-electron chi connectivity index (χ4n) is 2.00. The molecule has 0 bridgehead atoms. The maximum Gasteiger partial charge on any atom is 0.131 e. The van der Waals surface area contributed by atoms with E-state index in [2.05, 4.69) is 11.4 Å². The number of halogens is 2. The van der Waals surface area contributed by atoms with Crippen LogP contribution < -0.4 is 5.32 Å². The molecule has 0 saturated carbocycles. The molecule has 2 atom stereocenters. The van der Waals surface area contributed by atoms with Crippen LogP contribution in [0.3, 0.4) is 0 Å². The molecule has 2 rings (SSSR count). The van der Waals surface area contributed by atoms with E-state index in [-0.39, 0.29) is 18.2 Å². The second-order valence-corrected chi connectivity index (χ2v) is 5.81. The topological polar surface area (TPSA) is 32.3 Å². The van der Waals surface area contributed by atoms with Gasteiger partial charge in [0.05, 0.1) is 6.10 Å². The summed E-state index contributed by atoms with van der Waals surface area (Å²) >= 11 is 1.68. The van der Waals surface area contributed by atoms with Crippen molar-refractivity contribution in [3.05, 3.63) is 57.8 Å². The molecule has 2 aromatic rings. The molecule has 0 fully saturated rings. The third-order valence-corrected chi connectivity index (χ3v) is 3.97. The molecule has 0 aliphatic carbocycles. The highest BCUT2D eigenvalue weighted by molar-refractivity contribution is 7.09. The molecule has 2 unspecified atom stereocenters. The van der Waals surface area contributed by atoms with Crippen LogP contribution >= 0.6 is 11.3 Å². The molecule has 5 heteroatoms. The minimum atomic E-state index is -0.985. The average Bonchev–Trinajstić information content (AvgIpc) is 2.89. The number of nitrogens with one attached hydrogen (secondary N) is 1. The lowest BCUT2D eigenvalue weighted by atomic mass is 10.1. The molecule has 0 spiro atoms. The Hall–Kier alpha value is -1.30. The SMILES string of the molecule is CC(Cc1cccs1)NCC(O)c1ccc(F)cc1F. The Bertz CT molecular complexity index is 545. The van der Waals surface area contributed by atoms with Crippen LogP contribution in [0.4, 0.5) is 8.78 Å². The Balaban J connectivity index is 1.86. The summed E-state index contributed by atoms with van der Waals surface area (Å²) in [5, 5.41) is 15.1. The van der Waals surface area contributed by atoms with Crippen LogP contribution in [0.15, 0.2) is 35.7 Å². The first-order valence-electron chi connectivity index (χ1n) is 6.45. The minimum Gasteiger partial charge on any atom is -0.387 e. The summed E-state index contributed by atoms with van der Waals surface area (Å²) in [4.78, 5) is 1.26. The van der Waals surface area contributed by atoms with Crippen molar-refractivity contribution in [2.75, 3.05) is 6.54 Å². The van der Waals surface area contributed by atoms with E-state index < -0.39 is 17.7 Å². The van der Waals surface area contributed by atoms with Gasteiger partial charge < -0.3 is 10.4 Å². The lowest BCUT2D eigenvalue weighted by Gasteiger charge is -2.17. The van der Waals surface area contributed by atoms with Crippen LogP contribution in [0.25, 0.3) is 0 Å². The van der Waals surface area contributed by atoms with Gasteiger partial charge in [0.2, 0.25) is 0 Å². The second-order valence-electron chi connectivity index (χ2n) is 4.77. The van der Waals surface area contributed by atoms with E-state index in [1.54, 1.807) is 11.3 Å². The first kappa shape index (κ1) is 15.1. The number of benzene rings is 1. The molecular formula is C15H17F2NOS. The Labute approximate surface area is 121 Å². The van der Waals surface area contributed by atoms with E-state index in [1.807, 2.05) is 18.4 Å². The van der Waals surface area contributed by atoms with Crippen molar-refractivity contribution in [2.45, 2.75) is 25.5 Å². The average molecular weight is 297 g/mol. The van der Waals surface area contributed by atoms with Crippen LogP contribution in [-0.4, -0.2) is 17.7 Å². The van der Waals surface area contributed by atoms with Gasteiger partial charge in [-0.25, -0.2) is 8.78 Å². The summed E-state index contributed by atoms with van der Waals surface area (Å²) in [6.45, 7) is 2.24. The molecule has 0 radical (unpaired) electrons. The highest BCUT2D eigenvalue weighted by Gasteiger charge is 2.14. The van der Waals surface area contributed by atoms with E-state index >= 15 is 0 Å². The Kier molecular flexibility index (Phi) is 5.23. The zero-order chi connectivity index (χ0) is 14.5. The molecule has 2 N–H and O–H groups in total. The van der Waals surface area contributed by atoms with Gasteiger partial charge in [-0.3, -0.25) is 0 Å². The molecule has 2 nitrogen and oxygen atoms in total. The monoisotopic (exact) mass is 297 g/mol. The van der Waals surface area contributed by atoms with Crippen LogP contribution in [0.1, 0.15) is 23.5 Å². The van der Waals surface area contributed by atoms with Crippen molar-refractivity contribution in [3.8, 4) is 0 Å². The predicted molar refractivity (Wildman–Crippen MR) is 76.8 cm³/mol. The fourth-order valence-corrected chi connectivity index (χ4v) is 2.83. The highest BCUT2D eigenvalue weighted by Crippen LogP contribution is 2.18. The molecule has 108 valence electrons. The summed E-state index contributed by atoms with van der Waals surface area (Å²) in [6, 6.07) is 7.44. The van der Waals surface area contributed by atoms with Gasteiger partial charge in [-0.1, -0.05) is 12.1 Å². The van der Waals surface area contributed by atoms with Crippen molar-refractivity contribution < 1.29 is 13.9 Å². The lowest BCUT2D eigenvalue weighted by molar-refractivity contribution is 0.166. The molecule has 0 saturated heterocycles. The summed E-state index contributed by atoms with van der Waals surface area (Å²) in [5.41, 5.74) is 0.113. The van der Waals surface area contributed by atoms with Crippen LogP contribution in [-0.2, 0) is 6.42 Å². The van der Waals surface area contributed by atoms with E-state index in [4.69, 9.17) is 0 Å². The Morgan fingerprint density at radius 1 is 1.30 bits per heavy atom. The normalized spacial score (nSPS) is 14.2. The van der Waals surface area contributed by atoms with Crippen molar-refractivity contribution in [3.63, 3.8) is 0 Å². The molecule has 0 aliphatic rings. The molecule has 1 heterocycles. The zero-order valence-corrected chi connectivity index (χ0v) is 12.0. The van der Waals surface area contributed by atoms with Crippen molar-refractivity contribution in [2.24, 2.45) is 0 Å². The summed E-state index contributed by atoms with van der Waals surface area (Å²) in [5.74, 6) is -1.36. The zero-order valence-electron chi connectivity index (χ0n) is 11.1. The van der Waals surface area contributed by atoms with Gasteiger partial charge in [0.15, 0.2) is 0 Å². The fraction of sp³-hybridized carbons (Fsp3) is 0.333. The van der Waals surface area contributed by atoms with Crippen molar-refractivity contribution in [1.82, 2.24) is 5.32 Å². The van der Waals surface area contributed by atoms with Crippen LogP contribution in [0, 0.1) is 11.6 Å². The van der Waals surface area contributed by atoms with Gasteiger partial charge in [-0.05, 0) is 30.9 Å². The smallest absolute Gasteiger partial charge is 0.131 e. The molecule has 20 heavy (non-hydrogen) atoms. The summed E-state index contributed by atoms with van der Waals surface area (Å²) in [7, 11) is 0. The van der Waals surface area contributed by atoms with E-state index in [0.717, 1.165) is 18.6 Å². The Morgan fingerprint density at radius 3 is 2.75 bits per heavy atom. The highest BCUT2D eigenvalue weighted by atomic mass is 32.1. The largest absolute Gasteiger partial charge is 0.387 e. The van der Waals surface area contributed by atoms with E-state index in [9.17, 15) is 13.9 Å². The molecule has 1 aromatic carbocycles. The lowest BCUT2D eigenvalue weighted by Crippen LogP contribution is -2.32. The van der Waals surface area contributed by atoms with Gasteiger partial charge in [0.25, 0.3) is 0 Å². The van der Waals surface area contributed by atoms with E-state index in [0.29, 0.717) is 0 Å².